The monoisotopic (exact) mass is 479 g/mol. The van der Waals surface area contributed by atoms with Gasteiger partial charge in [-0.25, -0.2) is 9.78 Å². The second-order valence-electron chi connectivity index (χ2n) is 8.52. The van der Waals surface area contributed by atoms with Crippen LogP contribution in [-0.2, 0) is 30.4 Å². The van der Waals surface area contributed by atoms with Crippen LogP contribution in [0.4, 0.5) is 0 Å². The molecule has 8 N–H and O–H groups in total. The number of hydrogen-bond acceptors (Lipinski definition) is 7. The molecule has 0 saturated carbocycles. The largest absolute Gasteiger partial charge is 0.480 e. The summed E-state index contributed by atoms with van der Waals surface area (Å²) in [6.45, 7) is 3.75. The molecule has 0 aliphatic carbocycles. The number of aromatic amines is 1. The van der Waals surface area contributed by atoms with Crippen LogP contribution in [0.3, 0.4) is 0 Å². The van der Waals surface area contributed by atoms with E-state index in [9.17, 15) is 29.1 Å². The molecule has 34 heavy (non-hydrogen) atoms. The standard InChI is InChI=1S/C21H33N7O6/c1-3-11(2)17(21(33)34)27-18(30)14(8-16(23)29)26-19(31)15-5-4-6-28(15)20(32)13(22)7-12-9-24-10-25-12/h9-11,13-15,17H,3-8,22H2,1-2H3,(H2,23,29)(H,24,25)(H,26,31)(H,27,30)(H,33,34). The Kier molecular flexibility index (Phi) is 9.54. The van der Waals surface area contributed by atoms with Crippen LogP contribution < -0.4 is 22.1 Å². The highest BCUT2D eigenvalue weighted by atomic mass is 16.4. The van der Waals surface area contributed by atoms with E-state index in [-0.39, 0.29) is 12.3 Å². The van der Waals surface area contributed by atoms with Crippen LogP contribution in [-0.4, -0.2) is 80.3 Å². The second-order valence-corrected chi connectivity index (χ2v) is 8.52. The fraction of sp³-hybridized carbons (Fsp3) is 0.619. The molecule has 0 radical (unpaired) electrons. The highest BCUT2D eigenvalue weighted by Crippen LogP contribution is 2.19. The quantitative estimate of drug-likeness (QED) is 0.202. The molecule has 5 unspecified atom stereocenters. The minimum absolute atomic E-state index is 0.211. The van der Waals surface area contributed by atoms with Crippen molar-refractivity contribution < 1.29 is 29.1 Å². The van der Waals surface area contributed by atoms with Gasteiger partial charge >= 0.3 is 5.97 Å². The normalized spacial score (nSPS) is 19.0. The lowest BCUT2D eigenvalue weighted by Crippen LogP contribution is -2.58. The van der Waals surface area contributed by atoms with Crippen molar-refractivity contribution in [3.05, 3.63) is 18.2 Å². The number of H-pyrrole nitrogens is 1. The summed E-state index contributed by atoms with van der Waals surface area (Å²) in [7, 11) is 0. The molecule has 0 bridgehead atoms. The lowest BCUT2D eigenvalue weighted by molar-refractivity contribution is -0.144. The average molecular weight is 480 g/mol. The van der Waals surface area contributed by atoms with E-state index in [4.69, 9.17) is 11.5 Å². The Balaban J connectivity index is 2.09. The Morgan fingerprint density at radius 3 is 2.56 bits per heavy atom. The number of nitrogens with zero attached hydrogens (tertiary/aromatic N) is 2. The van der Waals surface area contributed by atoms with Crippen molar-refractivity contribution >= 4 is 29.6 Å². The zero-order valence-electron chi connectivity index (χ0n) is 19.3. The van der Waals surface area contributed by atoms with Crippen molar-refractivity contribution in [1.82, 2.24) is 25.5 Å². The van der Waals surface area contributed by atoms with Gasteiger partial charge in [-0.15, -0.1) is 0 Å². The van der Waals surface area contributed by atoms with Gasteiger partial charge in [0.05, 0.1) is 18.8 Å². The lowest BCUT2D eigenvalue weighted by atomic mass is 9.98. The van der Waals surface area contributed by atoms with E-state index in [2.05, 4.69) is 20.6 Å². The van der Waals surface area contributed by atoms with Gasteiger partial charge in [0.1, 0.15) is 18.1 Å². The number of amides is 4. The Bertz CT molecular complexity index is 890. The van der Waals surface area contributed by atoms with Crippen LogP contribution >= 0.6 is 0 Å². The van der Waals surface area contributed by atoms with E-state index in [1.54, 1.807) is 20.0 Å². The van der Waals surface area contributed by atoms with Crippen LogP contribution in [0.2, 0.25) is 0 Å². The molecule has 1 aliphatic rings. The number of likely N-dealkylation sites (tertiary alicyclic amines) is 1. The number of carboxylic acids is 1. The number of aliphatic carboxylic acids is 1. The van der Waals surface area contributed by atoms with Crippen molar-refractivity contribution in [3.8, 4) is 0 Å². The number of imidazole rings is 1. The van der Waals surface area contributed by atoms with E-state index in [0.29, 0.717) is 31.5 Å². The SMILES string of the molecule is CCC(C)C(NC(=O)C(CC(N)=O)NC(=O)C1CCCN1C(=O)C(N)Cc1cnc[nH]1)C(=O)O. The molecule has 1 aliphatic heterocycles. The summed E-state index contributed by atoms with van der Waals surface area (Å²) in [6.07, 6.45) is 4.11. The Hall–Kier alpha value is -3.48. The molecule has 5 atom stereocenters. The number of nitrogens with two attached hydrogens (primary N) is 2. The number of primary amides is 1. The number of rotatable bonds is 12. The van der Waals surface area contributed by atoms with Gasteiger partial charge in [-0.05, 0) is 18.8 Å². The maximum Gasteiger partial charge on any atom is 0.326 e. The number of hydrogen-bond donors (Lipinski definition) is 6. The zero-order chi connectivity index (χ0) is 25.4. The molecule has 0 spiro atoms. The minimum atomic E-state index is -1.38. The van der Waals surface area contributed by atoms with E-state index in [1.165, 1.54) is 11.2 Å². The number of carboxylic acid groups (broad SMARTS) is 1. The first-order chi connectivity index (χ1) is 16.0. The Morgan fingerprint density at radius 2 is 2.00 bits per heavy atom. The van der Waals surface area contributed by atoms with Gasteiger partial charge in [0.2, 0.25) is 23.6 Å². The number of nitrogens with one attached hydrogen (secondary N) is 3. The zero-order valence-corrected chi connectivity index (χ0v) is 19.3. The lowest BCUT2D eigenvalue weighted by Gasteiger charge is -2.28. The summed E-state index contributed by atoms with van der Waals surface area (Å²) in [5, 5.41) is 14.3. The van der Waals surface area contributed by atoms with Gasteiger partial charge in [0.25, 0.3) is 0 Å². The van der Waals surface area contributed by atoms with Gasteiger partial charge < -0.3 is 37.1 Å². The molecule has 13 heteroatoms. The molecule has 2 rings (SSSR count). The summed E-state index contributed by atoms with van der Waals surface area (Å²) < 4.78 is 0. The smallest absolute Gasteiger partial charge is 0.326 e. The average Bonchev–Trinajstić information content (AvgIpc) is 3.47. The summed E-state index contributed by atoms with van der Waals surface area (Å²) in [5.74, 6) is -4.37. The molecular weight excluding hydrogens is 446 g/mol. The first-order valence-electron chi connectivity index (χ1n) is 11.2. The molecule has 13 nitrogen and oxygen atoms in total. The summed E-state index contributed by atoms with van der Waals surface area (Å²) in [4.78, 5) is 69.8. The summed E-state index contributed by atoms with van der Waals surface area (Å²) >= 11 is 0. The van der Waals surface area contributed by atoms with E-state index in [1.807, 2.05) is 0 Å². The van der Waals surface area contributed by atoms with Crippen molar-refractivity contribution in [2.24, 2.45) is 17.4 Å². The third-order valence-corrected chi connectivity index (χ3v) is 5.97. The number of aromatic nitrogens is 2. The molecule has 2 heterocycles. The van der Waals surface area contributed by atoms with Crippen molar-refractivity contribution in [3.63, 3.8) is 0 Å². The van der Waals surface area contributed by atoms with Gasteiger partial charge in [0, 0.05) is 24.9 Å². The first kappa shape index (κ1) is 26.8. The van der Waals surface area contributed by atoms with E-state index in [0.717, 1.165) is 0 Å². The summed E-state index contributed by atoms with van der Waals surface area (Å²) in [6, 6.07) is -4.36. The van der Waals surface area contributed by atoms with Crippen molar-refractivity contribution in [1.29, 1.82) is 0 Å². The Morgan fingerprint density at radius 1 is 1.29 bits per heavy atom. The molecule has 1 saturated heterocycles. The topological polar surface area (TPSA) is 214 Å². The van der Waals surface area contributed by atoms with Crippen molar-refractivity contribution in [2.45, 2.75) is 70.1 Å². The molecule has 1 aromatic heterocycles. The van der Waals surface area contributed by atoms with Crippen LogP contribution in [0.1, 0.15) is 45.2 Å². The number of carbonyl (C=O) groups is 5. The molecule has 1 fully saturated rings. The molecule has 4 amide bonds. The van der Waals surface area contributed by atoms with Gasteiger partial charge in [0.15, 0.2) is 0 Å². The van der Waals surface area contributed by atoms with Crippen LogP contribution in [0, 0.1) is 5.92 Å². The van der Waals surface area contributed by atoms with Crippen LogP contribution in [0.25, 0.3) is 0 Å². The highest BCUT2D eigenvalue weighted by molar-refractivity contribution is 5.96. The fourth-order valence-corrected chi connectivity index (χ4v) is 3.85. The predicted octanol–water partition coefficient (Wildman–Crippen LogP) is -1.75. The van der Waals surface area contributed by atoms with E-state index >= 15 is 0 Å². The number of carbonyl (C=O) groups excluding carboxylic acids is 4. The third kappa shape index (κ3) is 7.01. The van der Waals surface area contributed by atoms with Crippen molar-refractivity contribution in [2.75, 3.05) is 6.54 Å². The fourth-order valence-electron chi connectivity index (χ4n) is 3.85. The Labute approximate surface area is 197 Å². The third-order valence-electron chi connectivity index (χ3n) is 5.97. The van der Waals surface area contributed by atoms with Gasteiger partial charge in [-0.2, -0.15) is 0 Å². The van der Waals surface area contributed by atoms with Gasteiger partial charge in [-0.3, -0.25) is 19.2 Å². The van der Waals surface area contributed by atoms with E-state index < -0.39 is 60.2 Å². The van der Waals surface area contributed by atoms with Crippen LogP contribution in [0.15, 0.2) is 12.5 Å². The molecule has 188 valence electrons. The minimum Gasteiger partial charge on any atom is -0.480 e. The van der Waals surface area contributed by atoms with Gasteiger partial charge in [-0.1, -0.05) is 20.3 Å². The molecular formula is C21H33N7O6. The first-order valence-corrected chi connectivity index (χ1v) is 11.2. The molecule has 0 aromatic carbocycles. The second kappa shape index (κ2) is 12.1. The van der Waals surface area contributed by atoms with Crippen LogP contribution in [0.5, 0.6) is 0 Å². The highest BCUT2D eigenvalue weighted by Gasteiger charge is 2.38. The predicted molar refractivity (Wildman–Crippen MR) is 120 cm³/mol. The molecule has 1 aromatic rings. The summed E-state index contributed by atoms with van der Waals surface area (Å²) in [5.41, 5.74) is 12.0. The maximum absolute atomic E-state index is 13.0. The maximum atomic E-state index is 13.0.